The van der Waals surface area contributed by atoms with E-state index in [-0.39, 0.29) is 4.90 Å². The summed E-state index contributed by atoms with van der Waals surface area (Å²) in [6.07, 6.45) is 0. The van der Waals surface area contributed by atoms with Crippen LogP contribution in [0.3, 0.4) is 0 Å². The molecule has 100 valence electrons. The van der Waals surface area contributed by atoms with Crippen molar-refractivity contribution in [1.29, 1.82) is 0 Å². The van der Waals surface area contributed by atoms with Crippen LogP contribution in [0, 0.1) is 6.92 Å². The zero-order valence-corrected chi connectivity index (χ0v) is 11.4. The molecule has 0 saturated heterocycles. The molecule has 3 N–H and O–H groups in total. The maximum atomic E-state index is 11.4. The third-order valence-corrected chi connectivity index (χ3v) is 3.77. The molecule has 0 saturated carbocycles. The van der Waals surface area contributed by atoms with Crippen LogP contribution in [0.5, 0.6) is 0 Å². The van der Waals surface area contributed by atoms with Crippen molar-refractivity contribution in [2.75, 3.05) is 5.32 Å². The van der Waals surface area contributed by atoms with Gasteiger partial charge < -0.3 is 5.32 Å². The van der Waals surface area contributed by atoms with E-state index in [0.29, 0.717) is 12.2 Å². The highest BCUT2D eigenvalue weighted by molar-refractivity contribution is 7.89. The SMILES string of the molecule is Cc1ccc(CNc2ccccc2S(N)(=O)=O)cc1. The van der Waals surface area contributed by atoms with Gasteiger partial charge in [0.1, 0.15) is 4.90 Å². The van der Waals surface area contributed by atoms with Gasteiger partial charge in [-0.25, -0.2) is 13.6 Å². The molecule has 2 aromatic rings. The van der Waals surface area contributed by atoms with E-state index in [1.54, 1.807) is 18.2 Å². The van der Waals surface area contributed by atoms with Crippen molar-refractivity contribution in [3.63, 3.8) is 0 Å². The summed E-state index contributed by atoms with van der Waals surface area (Å²) in [5.41, 5.74) is 2.79. The number of rotatable bonds is 4. The third-order valence-electron chi connectivity index (χ3n) is 2.80. The normalized spacial score (nSPS) is 11.3. The van der Waals surface area contributed by atoms with Crippen molar-refractivity contribution in [2.45, 2.75) is 18.4 Å². The lowest BCUT2D eigenvalue weighted by Gasteiger charge is -2.10. The average Bonchev–Trinajstić information content (AvgIpc) is 2.37. The number of primary sulfonamides is 1. The number of para-hydroxylation sites is 1. The minimum atomic E-state index is -3.71. The Bertz CT molecular complexity index is 664. The van der Waals surface area contributed by atoms with Gasteiger partial charge in [-0.15, -0.1) is 0 Å². The van der Waals surface area contributed by atoms with Crippen molar-refractivity contribution < 1.29 is 8.42 Å². The first kappa shape index (κ1) is 13.6. The first-order valence-corrected chi connectivity index (χ1v) is 7.43. The van der Waals surface area contributed by atoms with Crippen molar-refractivity contribution >= 4 is 15.7 Å². The van der Waals surface area contributed by atoms with Gasteiger partial charge in [-0.2, -0.15) is 0 Å². The minimum Gasteiger partial charge on any atom is -0.380 e. The maximum Gasteiger partial charge on any atom is 0.240 e. The van der Waals surface area contributed by atoms with Gasteiger partial charge in [-0.3, -0.25) is 0 Å². The van der Waals surface area contributed by atoms with Crippen LogP contribution in [-0.2, 0) is 16.6 Å². The highest BCUT2D eigenvalue weighted by Crippen LogP contribution is 2.20. The van der Waals surface area contributed by atoms with E-state index in [9.17, 15) is 8.42 Å². The van der Waals surface area contributed by atoms with Gasteiger partial charge >= 0.3 is 0 Å². The van der Waals surface area contributed by atoms with Gasteiger partial charge in [-0.05, 0) is 24.6 Å². The quantitative estimate of drug-likeness (QED) is 0.899. The molecule has 0 aliphatic carbocycles. The molecule has 0 unspecified atom stereocenters. The smallest absolute Gasteiger partial charge is 0.240 e. The highest BCUT2D eigenvalue weighted by Gasteiger charge is 2.12. The van der Waals surface area contributed by atoms with E-state index in [1.807, 2.05) is 31.2 Å². The van der Waals surface area contributed by atoms with E-state index >= 15 is 0 Å². The summed E-state index contributed by atoms with van der Waals surface area (Å²) in [5, 5.41) is 8.28. The first-order valence-electron chi connectivity index (χ1n) is 5.88. The summed E-state index contributed by atoms with van der Waals surface area (Å²) in [6.45, 7) is 2.57. The lowest BCUT2D eigenvalue weighted by Crippen LogP contribution is -2.14. The minimum absolute atomic E-state index is 0.113. The Labute approximate surface area is 113 Å². The monoisotopic (exact) mass is 276 g/mol. The first-order chi connectivity index (χ1) is 8.97. The lowest BCUT2D eigenvalue weighted by molar-refractivity contribution is 0.598. The van der Waals surface area contributed by atoms with Crippen molar-refractivity contribution in [3.05, 3.63) is 59.7 Å². The number of anilines is 1. The third kappa shape index (κ3) is 3.56. The summed E-state index contributed by atoms with van der Waals surface area (Å²) in [6, 6.07) is 14.7. The largest absolute Gasteiger partial charge is 0.380 e. The molecule has 0 aromatic heterocycles. The van der Waals surface area contributed by atoms with Crippen molar-refractivity contribution in [2.24, 2.45) is 5.14 Å². The molecule has 0 radical (unpaired) electrons. The fourth-order valence-corrected chi connectivity index (χ4v) is 2.48. The van der Waals surface area contributed by atoms with E-state index in [2.05, 4.69) is 5.32 Å². The number of nitrogens with one attached hydrogen (secondary N) is 1. The zero-order valence-electron chi connectivity index (χ0n) is 10.6. The lowest BCUT2D eigenvalue weighted by atomic mass is 10.1. The van der Waals surface area contributed by atoms with Crippen LogP contribution in [0.25, 0.3) is 0 Å². The van der Waals surface area contributed by atoms with Crippen molar-refractivity contribution in [1.82, 2.24) is 0 Å². The molecule has 19 heavy (non-hydrogen) atoms. The molecule has 0 atom stereocenters. The average molecular weight is 276 g/mol. The van der Waals surface area contributed by atoms with Crippen LogP contribution in [0.1, 0.15) is 11.1 Å². The van der Waals surface area contributed by atoms with E-state index in [0.717, 1.165) is 5.56 Å². The maximum absolute atomic E-state index is 11.4. The predicted molar refractivity (Wildman–Crippen MR) is 76.3 cm³/mol. The molecular formula is C14H16N2O2S. The Morgan fingerprint density at radius 2 is 1.68 bits per heavy atom. The predicted octanol–water partition coefficient (Wildman–Crippen LogP) is 2.25. The van der Waals surface area contributed by atoms with E-state index < -0.39 is 10.0 Å². The van der Waals surface area contributed by atoms with Crippen molar-refractivity contribution in [3.8, 4) is 0 Å². The van der Waals surface area contributed by atoms with Gasteiger partial charge in [0.2, 0.25) is 10.0 Å². The van der Waals surface area contributed by atoms with Crippen LogP contribution in [0.4, 0.5) is 5.69 Å². The van der Waals surface area contributed by atoms with Gasteiger partial charge in [-0.1, -0.05) is 42.0 Å². The number of nitrogens with two attached hydrogens (primary N) is 1. The number of aryl methyl sites for hydroxylation is 1. The molecule has 0 aliphatic rings. The molecule has 0 fully saturated rings. The number of hydrogen-bond acceptors (Lipinski definition) is 3. The fourth-order valence-electron chi connectivity index (χ4n) is 1.76. The van der Waals surface area contributed by atoms with E-state index in [1.165, 1.54) is 11.6 Å². The number of sulfonamides is 1. The van der Waals surface area contributed by atoms with Crippen LogP contribution >= 0.6 is 0 Å². The van der Waals surface area contributed by atoms with Crippen LogP contribution in [0.15, 0.2) is 53.4 Å². The molecule has 2 rings (SSSR count). The van der Waals surface area contributed by atoms with Gasteiger partial charge in [0.05, 0.1) is 5.69 Å². The Hall–Kier alpha value is -1.85. The summed E-state index contributed by atoms with van der Waals surface area (Å²) >= 11 is 0. The zero-order chi connectivity index (χ0) is 13.9. The summed E-state index contributed by atoms with van der Waals surface area (Å²) < 4.78 is 22.9. The molecule has 0 spiro atoms. The van der Waals surface area contributed by atoms with Crippen LogP contribution in [0.2, 0.25) is 0 Å². The van der Waals surface area contributed by atoms with Crippen LogP contribution < -0.4 is 10.5 Å². The van der Waals surface area contributed by atoms with Gasteiger partial charge in [0.25, 0.3) is 0 Å². The van der Waals surface area contributed by atoms with Crippen LogP contribution in [-0.4, -0.2) is 8.42 Å². The second-order valence-corrected chi connectivity index (χ2v) is 5.91. The Morgan fingerprint density at radius 3 is 2.32 bits per heavy atom. The highest BCUT2D eigenvalue weighted by atomic mass is 32.2. The Balaban J connectivity index is 2.18. The molecule has 2 aromatic carbocycles. The standard InChI is InChI=1S/C14H16N2O2S/c1-11-6-8-12(9-7-11)10-16-13-4-2-3-5-14(13)19(15,17)18/h2-9,16H,10H2,1H3,(H2,15,17,18). The molecule has 0 amide bonds. The van der Waals surface area contributed by atoms with Gasteiger partial charge in [0, 0.05) is 6.54 Å². The second kappa shape index (κ2) is 5.42. The number of benzene rings is 2. The molecule has 0 aliphatic heterocycles. The second-order valence-electron chi connectivity index (χ2n) is 4.38. The molecular weight excluding hydrogens is 260 g/mol. The summed E-state index contributed by atoms with van der Waals surface area (Å²) in [7, 11) is -3.71. The molecule has 0 bridgehead atoms. The summed E-state index contributed by atoms with van der Waals surface area (Å²) in [5.74, 6) is 0. The molecule has 5 heteroatoms. The number of hydrogen-bond donors (Lipinski definition) is 2. The Kier molecular flexibility index (Phi) is 3.87. The molecule has 0 heterocycles. The van der Waals surface area contributed by atoms with E-state index in [4.69, 9.17) is 5.14 Å². The summed E-state index contributed by atoms with van der Waals surface area (Å²) in [4.78, 5) is 0.113. The topological polar surface area (TPSA) is 72.2 Å². The Morgan fingerprint density at radius 1 is 1.05 bits per heavy atom. The van der Waals surface area contributed by atoms with Gasteiger partial charge in [0.15, 0.2) is 0 Å². The fraction of sp³-hybridized carbons (Fsp3) is 0.143. The molecule has 4 nitrogen and oxygen atoms in total.